The van der Waals surface area contributed by atoms with Gasteiger partial charge >= 0.3 is 0 Å². The predicted octanol–water partition coefficient (Wildman–Crippen LogP) is 1.84. The van der Waals surface area contributed by atoms with Crippen molar-refractivity contribution in [1.29, 1.82) is 0 Å². The Morgan fingerprint density at radius 2 is 1.93 bits per heavy atom. The molecular weight excluding hydrogens is 258 g/mol. The SMILES string of the molecule is CCN(CC(C)(C)O)c1ncc(Br)cn1. The summed E-state index contributed by atoms with van der Waals surface area (Å²) >= 11 is 3.28. The normalized spacial score (nSPS) is 11.5. The smallest absolute Gasteiger partial charge is 0.225 e. The number of aliphatic hydroxyl groups is 1. The minimum Gasteiger partial charge on any atom is -0.389 e. The van der Waals surface area contributed by atoms with Crippen molar-refractivity contribution >= 4 is 21.9 Å². The summed E-state index contributed by atoms with van der Waals surface area (Å²) in [5.41, 5.74) is -0.744. The van der Waals surface area contributed by atoms with Gasteiger partial charge < -0.3 is 10.0 Å². The number of anilines is 1. The second-order valence-electron chi connectivity index (χ2n) is 4.03. The molecule has 0 bridgehead atoms. The fraction of sp³-hybridized carbons (Fsp3) is 0.600. The largest absolute Gasteiger partial charge is 0.389 e. The summed E-state index contributed by atoms with van der Waals surface area (Å²) in [6.07, 6.45) is 3.41. The molecule has 0 fully saturated rings. The molecule has 4 nitrogen and oxygen atoms in total. The minimum absolute atomic E-state index is 0.519. The number of likely N-dealkylation sites (N-methyl/N-ethyl adjacent to an activating group) is 1. The molecule has 0 aliphatic carbocycles. The summed E-state index contributed by atoms with van der Waals surface area (Å²) in [4.78, 5) is 10.3. The molecule has 15 heavy (non-hydrogen) atoms. The average molecular weight is 274 g/mol. The third-order valence-electron chi connectivity index (χ3n) is 1.85. The van der Waals surface area contributed by atoms with E-state index in [-0.39, 0.29) is 0 Å². The van der Waals surface area contributed by atoms with E-state index in [4.69, 9.17) is 0 Å². The number of aromatic nitrogens is 2. The van der Waals surface area contributed by atoms with Crippen molar-refractivity contribution in [1.82, 2.24) is 9.97 Å². The molecule has 1 aromatic rings. The maximum absolute atomic E-state index is 9.73. The molecule has 0 unspecified atom stereocenters. The van der Waals surface area contributed by atoms with E-state index in [1.54, 1.807) is 26.2 Å². The van der Waals surface area contributed by atoms with Gasteiger partial charge in [0.2, 0.25) is 5.95 Å². The number of hydrogen-bond donors (Lipinski definition) is 1. The average Bonchev–Trinajstić information content (AvgIpc) is 2.14. The van der Waals surface area contributed by atoms with Crippen LogP contribution in [0.4, 0.5) is 5.95 Å². The lowest BCUT2D eigenvalue weighted by atomic mass is 10.1. The predicted molar refractivity (Wildman–Crippen MR) is 63.9 cm³/mol. The summed E-state index contributed by atoms with van der Waals surface area (Å²) in [6, 6.07) is 0. The quantitative estimate of drug-likeness (QED) is 0.910. The zero-order valence-corrected chi connectivity index (χ0v) is 10.8. The van der Waals surface area contributed by atoms with Crippen LogP contribution in [0.5, 0.6) is 0 Å². The van der Waals surface area contributed by atoms with Crippen LogP contribution in [0, 0.1) is 0 Å². The van der Waals surface area contributed by atoms with Crippen LogP contribution < -0.4 is 4.90 Å². The van der Waals surface area contributed by atoms with Gasteiger partial charge in [-0.3, -0.25) is 0 Å². The van der Waals surface area contributed by atoms with Gasteiger partial charge in [-0.25, -0.2) is 9.97 Å². The molecule has 1 N–H and O–H groups in total. The Morgan fingerprint density at radius 1 is 1.40 bits per heavy atom. The first-order valence-corrected chi connectivity index (χ1v) is 5.66. The number of nitrogens with zero attached hydrogens (tertiary/aromatic N) is 3. The van der Waals surface area contributed by atoms with Crippen molar-refractivity contribution in [3.8, 4) is 0 Å². The van der Waals surface area contributed by atoms with Crippen molar-refractivity contribution in [3.05, 3.63) is 16.9 Å². The molecule has 84 valence electrons. The molecule has 0 radical (unpaired) electrons. The van der Waals surface area contributed by atoms with Crippen LogP contribution in [0.1, 0.15) is 20.8 Å². The van der Waals surface area contributed by atoms with Gasteiger partial charge in [0.15, 0.2) is 0 Å². The van der Waals surface area contributed by atoms with Crippen LogP contribution in [0.3, 0.4) is 0 Å². The van der Waals surface area contributed by atoms with E-state index >= 15 is 0 Å². The van der Waals surface area contributed by atoms with Gasteiger partial charge in [-0.2, -0.15) is 0 Å². The van der Waals surface area contributed by atoms with E-state index in [0.717, 1.165) is 11.0 Å². The molecule has 0 atom stereocenters. The van der Waals surface area contributed by atoms with E-state index in [0.29, 0.717) is 12.5 Å². The van der Waals surface area contributed by atoms with Crippen LogP contribution in [0.2, 0.25) is 0 Å². The second-order valence-corrected chi connectivity index (χ2v) is 4.94. The molecule has 0 spiro atoms. The summed E-state index contributed by atoms with van der Waals surface area (Å²) in [5, 5.41) is 9.73. The Hall–Kier alpha value is -0.680. The Labute approximate surface area is 98.5 Å². The van der Waals surface area contributed by atoms with E-state index < -0.39 is 5.60 Å². The lowest BCUT2D eigenvalue weighted by Gasteiger charge is -2.27. The third kappa shape index (κ3) is 4.13. The first-order valence-electron chi connectivity index (χ1n) is 4.87. The lowest BCUT2D eigenvalue weighted by molar-refractivity contribution is 0.0872. The van der Waals surface area contributed by atoms with Crippen LogP contribution in [0.25, 0.3) is 0 Å². The molecule has 0 aromatic carbocycles. The molecule has 0 aliphatic rings. The van der Waals surface area contributed by atoms with Crippen molar-refractivity contribution in [2.75, 3.05) is 18.0 Å². The van der Waals surface area contributed by atoms with Gasteiger partial charge in [-0.1, -0.05) is 0 Å². The highest BCUT2D eigenvalue weighted by atomic mass is 79.9. The Bertz CT molecular complexity index is 307. The fourth-order valence-electron chi connectivity index (χ4n) is 1.26. The van der Waals surface area contributed by atoms with E-state index in [9.17, 15) is 5.11 Å². The lowest BCUT2D eigenvalue weighted by Crippen LogP contribution is -2.39. The van der Waals surface area contributed by atoms with Gasteiger partial charge in [0.1, 0.15) is 0 Å². The maximum Gasteiger partial charge on any atom is 0.225 e. The fourth-order valence-corrected chi connectivity index (χ4v) is 1.46. The molecule has 0 amide bonds. The van der Waals surface area contributed by atoms with E-state index in [1.807, 2.05) is 11.8 Å². The summed E-state index contributed by atoms with van der Waals surface area (Å²) in [5.74, 6) is 0.642. The van der Waals surface area contributed by atoms with Crippen LogP contribution >= 0.6 is 15.9 Å². The molecule has 1 rings (SSSR count). The molecule has 0 saturated carbocycles. The van der Waals surface area contributed by atoms with E-state index in [2.05, 4.69) is 25.9 Å². The maximum atomic E-state index is 9.73. The standard InChI is InChI=1S/C10H16BrN3O/c1-4-14(7-10(2,3)15)9-12-5-8(11)6-13-9/h5-6,15H,4,7H2,1-3H3. The van der Waals surface area contributed by atoms with Crippen molar-refractivity contribution < 1.29 is 5.11 Å². The highest BCUT2D eigenvalue weighted by Crippen LogP contribution is 2.13. The summed E-state index contributed by atoms with van der Waals surface area (Å²) in [6.45, 7) is 6.84. The molecule has 0 aliphatic heterocycles. The number of hydrogen-bond acceptors (Lipinski definition) is 4. The molecule has 1 heterocycles. The first kappa shape index (κ1) is 12.4. The highest BCUT2D eigenvalue weighted by Gasteiger charge is 2.18. The Morgan fingerprint density at radius 3 is 2.33 bits per heavy atom. The van der Waals surface area contributed by atoms with Crippen LogP contribution in [0.15, 0.2) is 16.9 Å². The monoisotopic (exact) mass is 273 g/mol. The van der Waals surface area contributed by atoms with Gasteiger partial charge in [-0.05, 0) is 36.7 Å². The molecule has 1 aromatic heterocycles. The van der Waals surface area contributed by atoms with Crippen LogP contribution in [-0.2, 0) is 0 Å². The van der Waals surface area contributed by atoms with Gasteiger partial charge in [0.25, 0.3) is 0 Å². The highest BCUT2D eigenvalue weighted by molar-refractivity contribution is 9.10. The van der Waals surface area contributed by atoms with Gasteiger partial charge in [0, 0.05) is 25.5 Å². The van der Waals surface area contributed by atoms with Gasteiger partial charge in [0.05, 0.1) is 10.1 Å². The molecular formula is C10H16BrN3O. The van der Waals surface area contributed by atoms with Crippen molar-refractivity contribution in [3.63, 3.8) is 0 Å². The summed E-state index contributed by atoms with van der Waals surface area (Å²) < 4.78 is 0.852. The first-order chi connectivity index (χ1) is 6.92. The van der Waals surface area contributed by atoms with Gasteiger partial charge in [-0.15, -0.1) is 0 Å². The molecule has 0 saturated heterocycles. The molecule has 5 heteroatoms. The zero-order valence-electron chi connectivity index (χ0n) is 9.24. The number of halogens is 1. The van der Waals surface area contributed by atoms with Crippen LogP contribution in [-0.4, -0.2) is 33.8 Å². The minimum atomic E-state index is -0.744. The second kappa shape index (κ2) is 4.90. The summed E-state index contributed by atoms with van der Waals surface area (Å²) in [7, 11) is 0. The third-order valence-corrected chi connectivity index (χ3v) is 2.26. The zero-order chi connectivity index (χ0) is 11.5. The van der Waals surface area contributed by atoms with Crippen molar-refractivity contribution in [2.24, 2.45) is 0 Å². The van der Waals surface area contributed by atoms with Crippen molar-refractivity contribution in [2.45, 2.75) is 26.4 Å². The van der Waals surface area contributed by atoms with E-state index in [1.165, 1.54) is 0 Å². The topological polar surface area (TPSA) is 49.2 Å². The Balaban J connectivity index is 2.79. The number of rotatable bonds is 4. The Kier molecular flexibility index (Phi) is 4.04.